The molecule has 0 aromatic rings. The molecule has 1 amide bonds. The first-order valence-corrected chi connectivity index (χ1v) is 6.19. The topological polar surface area (TPSA) is 55.4 Å². The van der Waals surface area contributed by atoms with E-state index in [0.29, 0.717) is 12.3 Å². The van der Waals surface area contributed by atoms with Crippen LogP contribution in [0.5, 0.6) is 0 Å². The van der Waals surface area contributed by atoms with E-state index in [4.69, 9.17) is 4.74 Å². The van der Waals surface area contributed by atoms with E-state index >= 15 is 0 Å². The minimum Gasteiger partial charge on any atom is -0.444 e. The van der Waals surface area contributed by atoms with Gasteiger partial charge in [0.1, 0.15) is 11.1 Å². The number of carbonyl (C=O) groups is 2. The van der Waals surface area contributed by atoms with Crippen LogP contribution in [0.25, 0.3) is 0 Å². The van der Waals surface area contributed by atoms with Crippen molar-refractivity contribution in [2.24, 2.45) is 5.92 Å². The third kappa shape index (κ3) is 4.36. The number of amides is 1. The van der Waals surface area contributed by atoms with E-state index in [0.717, 1.165) is 12.8 Å². The van der Waals surface area contributed by atoms with Gasteiger partial charge in [-0.1, -0.05) is 13.8 Å². The van der Waals surface area contributed by atoms with Crippen LogP contribution >= 0.6 is 0 Å². The molecule has 0 unspecified atom stereocenters. The summed E-state index contributed by atoms with van der Waals surface area (Å²) in [5, 5.41) is 2.72. The summed E-state index contributed by atoms with van der Waals surface area (Å²) < 4.78 is 5.17. The molecule has 0 radical (unpaired) electrons. The average molecular weight is 241 g/mol. The number of carbonyl (C=O) groups excluding carboxylic acids is 2. The maximum Gasteiger partial charge on any atom is 0.408 e. The van der Waals surface area contributed by atoms with Gasteiger partial charge in [0.15, 0.2) is 5.78 Å². The highest BCUT2D eigenvalue weighted by molar-refractivity contribution is 5.94. The van der Waals surface area contributed by atoms with Crippen LogP contribution in [-0.2, 0) is 9.53 Å². The first kappa shape index (κ1) is 14.0. The van der Waals surface area contributed by atoms with Gasteiger partial charge in [-0.3, -0.25) is 4.79 Å². The number of alkyl carbamates (subject to hydrolysis) is 1. The Labute approximate surface area is 103 Å². The molecule has 1 aliphatic carbocycles. The molecule has 0 spiro atoms. The molecule has 0 atom stereocenters. The lowest BCUT2D eigenvalue weighted by Gasteiger charge is -2.23. The quantitative estimate of drug-likeness (QED) is 0.823. The molecule has 1 rings (SSSR count). The molecule has 0 aliphatic heterocycles. The van der Waals surface area contributed by atoms with Crippen LogP contribution in [-0.4, -0.2) is 23.0 Å². The molecule has 17 heavy (non-hydrogen) atoms. The Morgan fingerprint density at radius 1 is 1.29 bits per heavy atom. The minimum atomic E-state index is -0.632. The Hall–Kier alpha value is -1.06. The highest BCUT2D eigenvalue weighted by Gasteiger charge is 2.51. The summed E-state index contributed by atoms with van der Waals surface area (Å²) in [5.41, 5.74) is -1.16. The zero-order valence-corrected chi connectivity index (χ0v) is 11.4. The second-order valence-corrected chi connectivity index (χ2v) is 6.23. The second-order valence-electron chi connectivity index (χ2n) is 6.23. The molecule has 1 fully saturated rings. The monoisotopic (exact) mass is 241 g/mol. The van der Waals surface area contributed by atoms with Gasteiger partial charge in [-0.2, -0.15) is 0 Å². The van der Waals surface area contributed by atoms with Crippen LogP contribution in [0.3, 0.4) is 0 Å². The third-order valence-corrected chi connectivity index (χ3v) is 2.62. The third-order valence-electron chi connectivity index (χ3n) is 2.62. The average Bonchev–Trinajstić information content (AvgIpc) is 2.80. The van der Waals surface area contributed by atoms with Crippen LogP contribution in [0.2, 0.25) is 0 Å². The van der Waals surface area contributed by atoms with Crippen molar-refractivity contribution in [3.63, 3.8) is 0 Å². The largest absolute Gasteiger partial charge is 0.444 e. The standard InChI is InChI=1S/C13H23NO3/c1-9(2)8-10(15)13(6-7-13)14-11(16)17-12(3,4)5/h9H,6-8H2,1-5H3,(H,14,16). The molecular formula is C13H23NO3. The van der Waals surface area contributed by atoms with Gasteiger partial charge in [0.05, 0.1) is 0 Å². The molecule has 0 heterocycles. The predicted octanol–water partition coefficient (Wildman–Crippen LogP) is 2.66. The lowest BCUT2D eigenvalue weighted by atomic mass is 10.0. The van der Waals surface area contributed by atoms with Crippen molar-refractivity contribution in [1.29, 1.82) is 0 Å². The highest BCUT2D eigenvalue weighted by Crippen LogP contribution is 2.38. The lowest BCUT2D eigenvalue weighted by molar-refractivity contribution is -0.122. The van der Waals surface area contributed by atoms with Gasteiger partial charge in [0.25, 0.3) is 0 Å². The molecule has 4 heteroatoms. The van der Waals surface area contributed by atoms with Gasteiger partial charge in [-0.05, 0) is 39.5 Å². The van der Waals surface area contributed by atoms with E-state index in [9.17, 15) is 9.59 Å². The van der Waals surface area contributed by atoms with Crippen molar-refractivity contribution >= 4 is 11.9 Å². The maximum atomic E-state index is 12.0. The van der Waals surface area contributed by atoms with Crippen molar-refractivity contribution < 1.29 is 14.3 Å². The van der Waals surface area contributed by atoms with E-state index in [1.54, 1.807) is 0 Å². The Bertz CT molecular complexity index is 311. The van der Waals surface area contributed by atoms with Gasteiger partial charge in [-0.15, -0.1) is 0 Å². The second kappa shape index (κ2) is 4.67. The van der Waals surface area contributed by atoms with Gasteiger partial charge in [-0.25, -0.2) is 4.79 Å². The number of ketones is 1. The summed E-state index contributed by atoms with van der Waals surface area (Å²) in [4.78, 5) is 23.6. The van der Waals surface area contributed by atoms with E-state index in [1.807, 2.05) is 34.6 Å². The number of hydrogen-bond donors (Lipinski definition) is 1. The SMILES string of the molecule is CC(C)CC(=O)C1(NC(=O)OC(C)(C)C)CC1. The van der Waals surface area contributed by atoms with Crippen molar-refractivity contribution in [1.82, 2.24) is 5.32 Å². The molecular weight excluding hydrogens is 218 g/mol. The fourth-order valence-corrected chi connectivity index (χ4v) is 1.66. The van der Waals surface area contributed by atoms with Gasteiger partial charge in [0, 0.05) is 6.42 Å². The highest BCUT2D eigenvalue weighted by atomic mass is 16.6. The van der Waals surface area contributed by atoms with Gasteiger partial charge < -0.3 is 10.1 Å². The van der Waals surface area contributed by atoms with E-state index < -0.39 is 17.2 Å². The minimum absolute atomic E-state index is 0.123. The molecule has 0 bridgehead atoms. The van der Waals surface area contributed by atoms with E-state index in [-0.39, 0.29) is 5.78 Å². The molecule has 0 aromatic heterocycles. The van der Waals surface area contributed by atoms with Crippen molar-refractivity contribution in [2.45, 2.75) is 65.0 Å². The fourth-order valence-electron chi connectivity index (χ4n) is 1.66. The number of hydrogen-bond acceptors (Lipinski definition) is 3. The summed E-state index contributed by atoms with van der Waals surface area (Å²) >= 11 is 0. The number of rotatable bonds is 4. The summed E-state index contributed by atoms with van der Waals surface area (Å²) in [6.45, 7) is 9.43. The smallest absolute Gasteiger partial charge is 0.408 e. The molecule has 0 saturated heterocycles. The first-order chi connectivity index (χ1) is 7.65. The summed E-state index contributed by atoms with van der Waals surface area (Å²) in [6, 6.07) is 0. The first-order valence-electron chi connectivity index (χ1n) is 6.19. The molecule has 1 aliphatic rings. The van der Waals surface area contributed by atoms with E-state index in [2.05, 4.69) is 5.32 Å². The van der Waals surface area contributed by atoms with Crippen molar-refractivity contribution in [3.05, 3.63) is 0 Å². The van der Waals surface area contributed by atoms with E-state index in [1.165, 1.54) is 0 Å². The van der Waals surface area contributed by atoms with Crippen LogP contribution in [0.1, 0.15) is 53.9 Å². The van der Waals surface area contributed by atoms with Crippen LogP contribution in [0.4, 0.5) is 4.79 Å². The molecule has 1 saturated carbocycles. The van der Waals surface area contributed by atoms with Crippen LogP contribution < -0.4 is 5.32 Å². The predicted molar refractivity (Wildman–Crippen MR) is 65.8 cm³/mol. The molecule has 4 nitrogen and oxygen atoms in total. The van der Waals surface area contributed by atoms with Gasteiger partial charge in [0.2, 0.25) is 0 Å². The van der Waals surface area contributed by atoms with Crippen molar-refractivity contribution in [3.8, 4) is 0 Å². The molecule has 98 valence electrons. The summed E-state index contributed by atoms with van der Waals surface area (Å²) in [7, 11) is 0. The lowest BCUT2D eigenvalue weighted by Crippen LogP contribution is -2.45. The maximum absolute atomic E-state index is 12.0. The Kier molecular flexibility index (Phi) is 3.84. The Balaban J connectivity index is 2.51. The van der Waals surface area contributed by atoms with Gasteiger partial charge >= 0.3 is 6.09 Å². The zero-order valence-electron chi connectivity index (χ0n) is 11.4. The van der Waals surface area contributed by atoms with Crippen LogP contribution in [0, 0.1) is 5.92 Å². The number of ether oxygens (including phenoxy) is 1. The molecule has 0 aromatic carbocycles. The van der Waals surface area contributed by atoms with Crippen LogP contribution in [0.15, 0.2) is 0 Å². The Morgan fingerprint density at radius 3 is 2.18 bits per heavy atom. The fraction of sp³-hybridized carbons (Fsp3) is 0.846. The van der Waals surface area contributed by atoms with Crippen molar-refractivity contribution in [2.75, 3.05) is 0 Å². The Morgan fingerprint density at radius 2 is 1.82 bits per heavy atom. The summed E-state index contributed by atoms with van der Waals surface area (Å²) in [6.07, 6.45) is 1.48. The zero-order chi connectivity index (χ0) is 13.3. The normalized spacial score (nSPS) is 17.8. The number of Topliss-reactive ketones (excluding diaryl/α,β-unsaturated/α-hetero) is 1. The number of nitrogens with one attached hydrogen (secondary N) is 1. The molecule has 1 N–H and O–H groups in total. The summed E-state index contributed by atoms with van der Waals surface area (Å²) in [5.74, 6) is 0.443.